The van der Waals surface area contributed by atoms with Crippen LogP contribution in [0.25, 0.3) is 0 Å². The standard InChI is InChI=1S/C14H17N3O3/c1-10(13(18)19)9-17(2)14(20)16-8-12-5-3-4-11(6-12)7-15/h3-6,10H,8-9H2,1-2H3,(H,16,20)(H,18,19). The Labute approximate surface area is 117 Å². The molecule has 2 amide bonds. The fourth-order valence-electron chi connectivity index (χ4n) is 1.64. The van der Waals surface area contributed by atoms with E-state index in [-0.39, 0.29) is 12.6 Å². The van der Waals surface area contributed by atoms with Crippen LogP contribution < -0.4 is 5.32 Å². The molecule has 0 spiro atoms. The Bertz CT molecular complexity index is 537. The lowest BCUT2D eigenvalue weighted by molar-refractivity contribution is -0.141. The van der Waals surface area contributed by atoms with Gasteiger partial charge in [-0.05, 0) is 17.7 Å². The number of hydrogen-bond acceptors (Lipinski definition) is 3. The number of amides is 2. The number of carbonyl (C=O) groups is 2. The molecule has 6 nitrogen and oxygen atoms in total. The largest absolute Gasteiger partial charge is 0.481 e. The Morgan fingerprint density at radius 1 is 1.50 bits per heavy atom. The van der Waals surface area contributed by atoms with Gasteiger partial charge in [0, 0.05) is 20.1 Å². The minimum atomic E-state index is -0.939. The monoisotopic (exact) mass is 275 g/mol. The van der Waals surface area contributed by atoms with Crippen LogP contribution in [-0.4, -0.2) is 35.6 Å². The van der Waals surface area contributed by atoms with E-state index in [0.717, 1.165) is 5.56 Å². The number of nitriles is 1. The zero-order valence-corrected chi connectivity index (χ0v) is 11.5. The van der Waals surface area contributed by atoms with Crippen LogP contribution in [0.3, 0.4) is 0 Å². The van der Waals surface area contributed by atoms with Gasteiger partial charge in [-0.15, -0.1) is 0 Å². The molecule has 20 heavy (non-hydrogen) atoms. The predicted molar refractivity (Wildman–Crippen MR) is 72.8 cm³/mol. The molecular weight excluding hydrogens is 258 g/mol. The first kappa shape index (κ1) is 15.5. The number of rotatable bonds is 5. The highest BCUT2D eigenvalue weighted by atomic mass is 16.4. The Hall–Kier alpha value is -2.55. The van der Waals surface area contributed by atoms with Crippen LogP contribution in [0.15, 0.2) is 24.3 Å². The lowest BCUT2D eigenvalue weighted by Crippen LogP contribution is -2.40. The van der Waals surface area contributed by atoms with Gasteiger partial charge in [0.15, 0.2) is 0 Å². The topological polar surface area (TPSA) is 93.4 Å². The van der Waals surface area contributed by atoms with Gasteiger partial charge in [-0.1, -0.05) is 19.1 Å². The molecule has 1 atom stereocenters. The molecule has 6 heteroatoms. The second kappa shape index (κ2) is 7.14. The third-order valence-electron chi connectivity index (χ3n) is 2.82. The van der Waals surface area contributed by atoms with Crippen molar-refractivity contribution in [2.75, 3.05) is 13.6 Å². The molecule has 0 aliphatic rings. The van der Waals surface area contributed by atoms with Gasteiger partial charge in [0.2, 0.25) is 0 Å². The van der Waals surface area contributed by atoms with Crippen molar-refractivity contribution < 1.29 is 14.7 Å². The lowest BCUT2D eigenvalue weighted by atomic mass is 10.1. The summed E-state index contributed by atoms with van der Waals surface area (Å²) in [5, 5.41) is 20.2. The molecule has 0 aromatic heterocycles. The first-order valence-electron chi connectivity index (χ1n) is 6.15. The van der Waals surface area contributed by atoms with Crippen LogP contribution in [0.4, 0.5) is 4.79 Å². The fourth-order valence-corrected chi connectivity index (χ4v) is 1.64. The Morgan fingerprint density at radius 2 is 2.20 bits per heavy atom. The summed E-state index contributed by atoms with van der Waals surface area (Å²) in [7, 11) is 1.54. The molecule has 0 saturated carbocycles. The molecule has 0 radical (unpaired) electrons. The van der Waals surface area contributed by atoms with E-state index in [1.165, 1.54) is 4.90 Å². The maximum atomic E-state index is 11.8. The number of carboxylic acids is 1. The van der Waals surface area contributed by atoms with Crippen molar-refractivity contribution in [3.05, 3.63) is 35.4 Å². The quantitative estimate of drug-likeness (QED) is 0.849. The van der Waals surface area contributed by atoms with Crippen LogP contribution in [0.2, 0.25) is 0 Å². The highest BCUT2D eigenvalue weighted by molar-refractivity contribution is 5.75. The predicted octanol–water partition coefficient (Wildman–Crippen LogP) is 1.42. The number of urea groups is 1. The first-order chi connectivity index (χ1) is 9.43. The Kier molecular flexibility index (Phi) is 5.54. The molecule has 1 unspecified atom stereocenters. The van der Waals surface area contributed by atoms with Gasteiger partial charge in [0.25, 0.3) is 0 Å². The van der Waals surface area contributed by atoms with Crippen LogP contribution in [-0.2, 0) is 11.3 Å². The molecule has 0 saturated heterocycles. The Morgan fingerprint density at radius 3 is 2.80 bits per heavy atom. The van der Waals surface area contributed by atoms with Crippen molar-refractivity contribution >= 4 is 12.0 Å². The summed E-state index contributed by atoms with van der Waals surface area (Å²) >= 11 is 0. The third kappa shape index (κ3) is 4.61. The maximum absolute atomic E-state index is 11.8. The zero-order chi connectivity index (χ0) is 15.1. The SMILES string of the molecule is CC(CN(C)C(=O)NCc1cccc(C#N)c1)C(=O)O. The van der Waals surface area contributed by atoms with E-state index in [1.807, 2.05) is 6.07 Å². The summed E-state index contributed by atoms with van der Waals surface area (Å²) in [5.41, 5.74) is 1.35. The van der Waals surface area contributed by atoms with Crippen LogP contribution in [0.5, 0.6) is 0 Å². The molecule has 0 fully saturated rings. The summed E-state index contributed by atoms with van der Waals surface area (Å²) in [5.74, 6) is -1.56. The van der Waals surface area contributed by atoms with Crippen LogP contribution in [0, 0.1) is 17.2 Å². The molecule has 1 aromatic rings. The average Bonchev–Trinajstić information content (AvgIpc) is 2.44. The molecule has 106 valence electrons. The van der Waals surface area contributed by atoms with Crippen LogP contribution in [0.1, 0.15) is 18.1 Å². The van der Waals surface area contributed by atoms with Gasteiger partial charge < -0.3 is 15.3 Å². The van der Waals surface area contributed by atoms with E-state index in [1.54, 1.807) is 38.2 Å². The third-order valence-corrected chi connectivity index (χ3v) is 2.82. The smallest absolute Gasteiger partial charge is 0.317 e. The zero-order valence-electron chi connectivity index (χ0n) is 11.5. The molecule has 0 aliphatic heterocycles. The number of benzene rings is 1. The van der Waals surface area contributed by atoms with Crippen molar-refractivity contribution in [1.29, 1.82) is 5.26 Å². The summed E-state index contributed by atoms with van der Waals surface area (Å²) in [4.78, 5) is 23.8. The number of nitrogens with zero attached hydrogens (tertiary/aromatic N) is 2. The van der Waals surface area contributed by atoms with E-state index < -0.39 is 11.9 Å². The number of nitrogens with one attached hydrogen (secondary N) is 1. The minimum Gasteiger partial charge on any atom is -0.481 e. The van der Waals surface area contributed by atoms with E-state index in [4.69, 9.17) is 10.4 Å². The molecular formula is C14H17N3O3. The van der Waals surface area contributed by atoms with Gasteiger partial charge in [0.05, 0.1) is 17.6 Å². The molecule has 1 rings (SSSR count). The van der Waals surface area contributed by atoms with Crippen molar-refractivity contribution in [3.8, 4) is 6.07 Å². The average molecular weight is 275 g/mol. The van der Waals surface area contributed by atoms with E-state index in [2.05, 4.69) is 5.32 Å². The first-order valence-corrected chi connectivity index (χ1v) is 6.15. The fraction of sp³-hybridized carbons (Fsp3) is 0.357. The maximum Gasteiger partial charge on any atom is 0.317 e. The van der Waals surface area contributed by atoms with Crippen molar-refractivity contribution in [2.45, 2.75) is 13.5 Å². The summed E-state index contributed by atoms with van der Waals surface area (Å²) in [6.07, 6.45) is 0. The van der Waals surface area contributed by atoms with E-state index >= 15 is 0 Å². The lowest BCUT2D eigenvalue weighted by Gasteiger charge is -2.20. The molecule has 0 bridgehead atoms. The summed E-state index contributed by atoms with van der Waals surface area (Å²) in [6.45, 7) is 1.97. The second-order valence-corrected chi connectivity index (χ2v) is 4.59. The molecule has 2 N–H and O–H groups in total. The highest BCUT2D eigenvalue weighted by Gasteiger charge is 2.16. The van der Waals surface area contributed by atoms with Gasteiger partial charge in [-0.2, -0.15) is 5.26 Å². The minimum absolute atomic E-state index is 0.138. The summed E-state index contributed by atoms with van der Waals surface area (Å²) < 4.78 is 0. The number of hydrogen-bond donors (Lipinski definition) is 2. The molecule has 0 heterocycles. The van der Waals surface area contributed by atoms with Crippen molar-refractivity contribution in [2.24, 2.45) is 5.92 Å². The Balaban J connectivity index is 2.50. The van der Waals surface area contributed by atoms with Crippen LogP contribution >= 0.6 is 0 Å². The van der Waals surface area contributed by atoms with Gasteiger partial charge in [0.1, 0.15) is 0 Å². The van der Waals surface area contributed by atoms with E-state index in [9.17, 15) is 9.59 Å². The molecule has 0 aliphatic carbocycles. The number of carboxylic acid groups (broad SMARTS) is 1. The summed E-state index contributed by atoms with van der Waals surface area (Å²) in [6, 6.07) is 8.62. The second-order valence-electron chi connectivity index (χ2n) is 4.59. The van der Waals surface area contributed by atoms with Gasteiger partial charge in [-0.3, -0.25) is 4.79 Å². The van der Waals surface area contributed by atoms with E-state index in [0.29, 0.717) is 12.1 Å². The number of aliphatic carboxylic acids is 1. The molecule has 1 aromatic carbocycles. The number of carbonyl (C=O) groups excluding carboxylic acids is 1. The van der Waals surface area contributed by atoms with Gasteiger partial charge >= 0.3 is 12.0 Å². The normalized spacial score (nSPS) is 11.2. The highest BCUT2D eigenvalue weighted by Crippen LogP contribution is 2.04. The van der Waals surface area contributed by atoms with Crippen molar-refractivity contribution in [1.82, 2.24) is 10.2 Å². The van der Waals surface area contributed by atoms with Crippen molar-refractivity contribution in [3.63, 3.8) is 0 Å². The van der Waals surface area contributed by atoms with Gasteiger partial charge in [-0.25, -0.2) is 4.79 Å².